The van der Waals surface area contributed by atoms with E-state index in [0.29, 0.717) is 45.6 Å². The van der Waals surface area contributed by atoms with Crippen LogP contribution in [0.4, 0.5) is 11.4 Å². The van der Waals surface area contributed by atoms with E-state index in [4.69, 9.17) is 14.9 Å². The number of esters is 1. The monoisotopic (exact) mass is 519 g/mol. The molecule has 2 aliphatic heterocycles. The van der Waals surface area contributed by atoms with Gasteiger partial charge in [-0.25, -0.2) is 0 Å². The molecule has 2 unspecified atom stereocenters. The molecule has 35 heavy (non-hydrogen) atoms. The number of piperidine rings is 1. The van der Waals surface area contributed by atoms with Gasteiger partial charge >= 0.3 is 11.7 Å². The molecule has 0 bridgehead atoms. The first-order valence-electron chi connectivity index (χ1n) is 11.5. The average molecular weight is 520 g/mol. The van der Waals surface area contributed by atoms with Crippen molar-refractivity contribution in [1.29, 1.82) is 5.41 Å². The van der Waals surface area contributed by atoms with Crippen LogP contribution in [0.15, 0.2) is 27.5 Å². The third kappa shape index (κ3) is 4.63. The molecule has 1 N–H and O–H groups in total. The lowest BCUT2D eigenvalue weighted by Gasteiger charge is -2.40. The minimum absolute atomic E-state index is 0.0378. The van der Waals surface area contributed by atoms with Gasteiger partial charge in [-0.05, 0) is 30.1 Å². The number of methoxy groups -OCH3 is 1. The number of ketones is 1. The standard InChI is InChI=1S/C24H29N3O6S2/c1-5-34-23-19(27(30)31)18(26-9-7-6-8-10-26)20(35-23)16-15-13(28)11-24(2,3)12-14(15)33-21(25)17(16)22(29)32-4/h5,16-17,25H,1,6-12H2,2-4H3. The minimum atomic E-state index is -1.20. The maximum atomic E-state index is 13.5. The van der Waals surface area contributed by atoms with Crippen molar-refractivity contribution in [2.24, 2.45) is 11.3 Å². The van der Waals surface area contributed by atoms with Crippen LogP contribution >= 0.6 is 23.1 Å². The minimum Gasteiger partial charge on any atom is -0.468 e. The van der Waals surface area contributed by atoms with Crippen molar-refractivity contribution in [1.82, 2.24) is 0 Å². The molecule has 9 nitrogen and oxygen atoms in total. The van der Waals surface area contributed by atoms with Gasteiger partial charge in [0.25, 0.3) is 0 Å². The summed E-state index contributed by atoms with van der Waals surface area (Å²) >= 11 is 2.34. The number of anilines is 1. The number of ether oxygens (including phenoxy) is 2. The average Bonchev–Trinajstić information content (AvgIpc) is 3.17. The number of hydrogen-bond donors (Lipinski definition) is 1. The summed E-state index contributed by atoms with van der Waals surface area (Å²) in [5.41, 5.74) is 0.367. The number of Topliss-reactive ketones (excluding diaryl/α,β-unsaturated/α-hetero) is 1. The fourth-order valence-corrected chi connectivity index (χ4v) is 7.51. The van der Waals surface area contributed by atoms with Crippen molar-refractivity contribution in [2.45, 2.75) is 56.1 Å². The summed E-state index contributed by atoms with van der Waals surface area (Å²) in [6, 6.07) is 0. The summed E-state index contributed by atoms with van der Waals surface area (Å²) in [6.07, 6.45) is 3.51. The van der Waals surface area contributed by atoms with Gasteiger partial charge in [0, 0.05) is 42.3 Å². The number of carbonyl (C=O) groups excluding carboxylic acids is 2. The van der Waals surface area contributed by atoms with Crippen molar-refractivity contribution in [3.05, 3.63) is 38.3 Å². The molecule has 0 aromatic carbocycles. The lowest BCUT2D eigenvalue weighted by Crippen LogP contribution is -2.42. The first-order chi connectivity index (χ1) is 16.6. The molecule has 11 heteroatoms. The van der Waals surface area contributed by atoms with Crippen molar-refractivity contribution < 1.29 is 24.0 Å². The SMILES string of the molecule is C=CSc1sc(C2C3=C(CC(C)(C)CC3=O)OC(=N)C2C(=O)OC)c(N2CCCCC2)c1[N+](=O)[O-]. The summed E-state index contributed by atoms with van der Waals surface area (Å²) in [5, 5.41) is 22.4. The van der Waals surface area contributed by atoms with Crippen LogP contribution in [-0.4, -0.2) is 42.8 Å². The van der Waals surface area contributed by atoms with E-state index in [9.17, 15) is 19.7 Å². The van der Waals surface area contributed by atoms with Crippen LogP contribution < -0.4 is 4.90 Å². The molecule has 0 spiro atoms. The molecule has 0 saturated carbocycles. The predicted octanol–water partition coefficient (Wildman–Crippen LogP) is 5.41. The van der Waals surface area contributed by atoms with Gasteiger partial charge in [0.2, 0.25) is 5.90 Å². The number of thioether (sulfide) groups is 1. The Hall–Kier alpha value is -2.66. The quantitative estimate of drug-likeness (QED) is 0.229. The molecule has 0 radical (unpaired) electrons. The van der Waals surface area contributed by atoms with Crippen LogP contribution in [0.25, 0.3) is 0 Å². The van der Waals surface area contributed by atoms with Crippen LogP contribution in [0.5, 0.6) is 0 Å². The highest BCUT2D eigenvalue weighted by atomic mass is 32.2. The second-order valence-corrected chi connectivity index (χ2v) is 12.1. The molecular weight excluding hydrogens is 490 g/mol. The zero-order chi connectivity index (χ0) is 25.5. The zero-order valence-electron chi connectivity index (χ0n) is 20.0. The Morgan fingerprint density at radius 2 is 2.03 bits per heavy atom. The highest BCUT2D eigenvalue weighted by Crippen LogP contribution is 2.57. The van der Waals surface area contributed by atoms with Gasteiger partial charge in [0.05, 0.1) is 12.0 Å². The smallest absolute Gasteiger partial charge is 0.319 e. The summed E-state index contributed by atoms with van der Waals surface area (Å²) in [4.78, 5) is 40.9. The summed E-state index contributed by atoms with van der Waals surface area (Å²) in [6.45, 7) is 8.91. The topological polar surface area (TPSA) is 123 Å². The normalized spacial score (nSPS) is 24.0. The van der Waals surface area contributed by atoms with Crippen molar-refractivity contribution in [3.63, 3.8) is 0 Å². The summed E-state index contributed by atoms with van der Waals surface area (Å²) in [7, 11) is 1.23. The molecular formula is C24H29N3O6S2. The van der Waals surface area contributed by atoms with Crippen molar-refractivity contribution in [2.75, 3.05) is 25.1 Å². The predicted molar refractivity (Wildman–Crippen MR) is 135 cm³/mol. The van der Waals surface area contributed by atoms with Crippen LogP contribution in [0.1, 0.15) is 56.7 Å². The van der Waals surface area contributed by atoms with Gasteiger partial charge in [-0.3, -0.25) is 25.1 Å². The Labute approximate surface area is 212 Å². The Bertz CT molecular complexity index is 1130. The zero-order valence-corrected chi connectivity index (χ0v) is 21.7. The number of rotatable bonds is 6. The van der Waals surface area contributed by atoms with Gasteiger partial charge in [-0.15, -0.1) is 11.3 Å². The number of nitrogens with one attached hydrogen (secondary N) is 1. The number of nitrogens with zero attached hydrogens (tertiary/aromatic N) is 2. The number of hydrogen-bond acceptors (Lipinski definition) is 10. The van der Waals surface area contributed by atoms with E-state index in [2.05, 4.69) is 6.58 Å². The number of thiophene rings is 1. The van der Waals surface area contributed by atoms with E-state index in [1.54, 1.807) is 0 Å². The largest absolute Gasteiger partial charge is 0.468 e. The molecule has 188 valence electrons. The van der Waals surface area contributed by atoms with Gasteiger partial charge in [0.15, 0.2) is 5.78 Å². The van der Waals surface area contributed by atoms with Crippen LogP contribution in [-0.2, 0) is 19.1 Å². The Balaban J connectivity index is 2.01. The van der Waals surface area contributed by atoms with Crippen LogP contribution in [0.3, 0.4) is 0 Å². The number of allylic oxidation sites excluding steroid dienone is 2. The van der Waals surface area contributed by atoms with E-state index in [0.717, 1.165) is 31.0 Å². The Morgan fingerprint density at radius 3 is 2.63 bits per heavy atom. The van der Waals surface area contributed by atoms with Crippen LogP contribution in [0, 0.1) is 26.9 Å². The highest BCUT2D eigenvalue weighted by Gasteiger charge is 2.52. The molecule has 4 rings (SSSR count). The van der Waals surface area contributed by atoms with E-state index >= 15 is 0 Å². The maximum Gasteiger partial charge on any atom is 0.319 e. The molecule has 1 aromatic heterocycles. The van der Waals surface area contributed by atoms with Crippen molar-refractivity contribution >= 4 is 52.1 Å². The molecule has 3 aliphatic rings. The maximum absolute atomic E-state index is 13.5. The van der Waals surface area contributed by atoms with Gasteiger partial charge in [0.1, 0.15) is 21.6 Å². The lowest BCUT2D eigenvalue weighted by atomic mass is 9.69. The molecule has 3 heterocycles. The number of nitro groups is 1. The molecule has 1 aliphatic carbocycles. The summed E-state index contributed by atoms with van der Waals surface area (Å²) in [5.74, 6) is -2.89. The fourth-order valence-electron chi connectivity index (χ4n) is 5.24. The van der Waals surface area contributed by atoms with E-state index in [1.807, 2.05) is 18.7 Å². The van der Waals surface area contributed by atoms with Crippen molar-refractivity contribution in [3.8, 4) is 0 Å². The van der Waals surface area contributed by atoms with E-state index in [1.165, 1.54) is 23.9 Å². The van der Waals surface area contributed by atoms with E-state index < -0.39 is 22.7 Å². The second kappa shape index (κ2) is 9.77. The first-order valence-corrected chi connectivity index (χ1v) is 13.2. The molecule has 1 aromatic rings. The second-order valence-electron chi connectivity index (χ2n) is 9.76. The molecule has 1 saturated heterocycles. The number of carbonyl (C=O) groups is 2. The summed E-state index contributed by atoms with van der Waals surface area (Å²) < 4.78 is 11.2. The Kier molecular flexibility index (Phi) is 7.10. The molecule has 1 fully saturated rings. The third-order valence-corrected chi connectivity index (χ3v) is 8.83. The molecule has 2 atom stereocenters. The van der Waals surface area contributed by atoms with E-state index in [-0.39, 0.29) is 29.2 Å². The first kappa shape index (κ1) is 25.4. The lowest BCUT2D eigenvalue weighted by molar-refractivity contribution is -0.386. The van der Waals surface area contributed by atoms with Gasteiger partial charge in [-0.1, -0.05) is 32.2 Å². The fraction of sp³-hybridized carbons (Fsp3) is 0.542. The van der Waals surface area contributed by atoms with Gasteiger partial charge < -0.3 is 14.4 Å². The van der Waals surface area contributed by atoms with Crippen LogP contribution in [0.2, 0.25) is 0 Å². The Morgan fingerprint density at radius 1 is 1.34 bits per heavy atom. The molecule has 0 amide bonds. The third-order valence-electron chi connectivity index (χ3n) is 6.68. The van der Waals surface area contributed by atoms with Gasteiger partial charge in [-0.2, -0.15) is 0 Å². The highest BCUT2D eigenvalue weighted by molar-refractivity contribution is 8.04.